The van der Waals surface area contributed by atoms with Gasteiger partial charge in [0, 0.05) is 0 Å². The minimum Gasteiger partial charge on any atom is -0.397 e. The van der Waals surface area contributed by atoms with Crippen LogP contribution >= 0.6 is 0 Å². The van der Waals surface area contributed by atoms with Gasteiger partial charge in [-0.05, 0) is 18.9 Å². The van der Waals surface area contributed by atoms with Crippen molar-refractivity contribution in [3.8, 4) is 0 Å². The number of benzene rings is 1. The number of rotatable bonds is 1. The molecule has 1 rings (SSSR count). The average molecular weight is 120 g/mol. The molecule has 2 heteroatoms. The zero-order valence-corrected chi connectivity index (χ0v) is 5.04. The van der Waals surface area contributed by atoms with Gasteiger partial charge in [0.25, 0.3) is 0 Å². The number of nitrogens with two attached hydrogens (primary N) is 1. The van der Waals surface area contributed by atoms with Crippen molar-refractivity contribution < 1.29 is 0 Å². The van der Waals surface area contributed by atoms with Crippen LogP contribution < -0.4 is 5.73 Å². The number of hydrogen-bond acceptors (Lipinski definition) is 2. The topological polar surface area (TPSA) is 38.4 Å². The Morgan fingerprint density at radius 2 is 2.00 bits per heavy atom. The first-order chi connectivity index (χ1) is 4.34. The summed E-state index contributed by atoms with van der Waals surface area (Å²) in [6.07, 6.45) is 0. The van der Waals surface area contributed by atoms with Gasteiger partial charge in [-0.15, -0.1) is 0 Å². The second-order valence-electron chi connectivity index (χ2n) is 1.72. The van der Waals surface area contributed by atoms with Crippen molar-refractivity contribution in [3.05, 3.63) is 24.3 Å². The van der Waals surface area contributed by atoms with E-state index in [9.17, 15) is 0 Å². The predicted octanol–water partition coefficient (Wildman–Crippen LogP) is 1.60. The Balaban J connectivity index is 3.15. The van der Waals surface area contributed by atoms with Gasteiger partial charge >= 0.3 is 0 Å². The van der Waals surface area contributed by atoms with Gasteiger partial charge in [-0.2, -0.15) is 0 Å². The molecular weight excluding hydrogens is 112 g/mol. The summed E-state index contributed by atoms with van der Waals surface area (Å²) in [4.78, 5) is 3.70. The highest BCUT2D eigenvalue weighted by Gasteiger charge is 1.88. The van der Waals surface area contributed by atoms with E-state index >= 15 is 0 Å². The minimum absolute atomic E-state index is 0.674. The van der Waals surface area contributed by atoms with Crippen LogP contribution in [-0.2, 0) is 0 Å². The van der Waals surface area contributed by atoms with Crippen molar-refractivity contribution in [2.45, 2.75) is 0 Å². The van der Waals surface area contributed by atoms with Gasteiger partial charge in [-0.25, -0.2) is 0 Å². The second kappa shape index (κ2) is 2.31. The molecule has 0 aromatic heterocycles. The number of anilines is 1. The first-order valence-corrected chi connectivity index (χ1v) is 2.66. The van der Waals surface area contributed by atoms with Crippen LogP contribution in [0.1, 0.15) is 0 Å². The summed E-state index contributed by atoms with van der Waals surface area (Å²) in [7, 11) is 0. The molecule has 0 fully saturated rings. The van der Waals surface area contributed by atoms with E-state index in [-0.39, 0.29) is 0 Å². The Labute approximate surface area is 54.0 Å². The lowest BCUT2D eigenvalue weighted by Crippen LogP contribution is -1.82. The third-order valence-electron chi connectivity index (χ3n) is 1.11. The number of nitrogens with zero attached hydrogens (tertiary/aromatic N) is 1. The summed E-state index contributed by atoms with van der Waals surface area (Å²) in [5, 5.41) is 0. The monoisotopic (exact) mass is 120 g/mol. The number of hydrogen-bond donors (Lipinski definition) is 1. The summed E-state index contributed by atoms with van der Waals surface area (Å²) in [5.41, 5.74) is 6.92. The minimum atomic E-state index is 0.674. The summed E-state index contributed by atoms with van der Waals surface area (Å²) in [5.74, 6) is 0. The highest BCUT2D eigenvalue weighted by Crippen LogP contribution is 2.18. The number of para-hydroxylation sites is 2. The van der Waals surface area contributed by atoms with E-state index in [1.807, 2.05) is 18.2 Å². The van der Waals surface area contributed by atoms with Crippen molar-refractivity contribution in [2.24, 2.45) is 4.99 Å². The second-order valence-corrected chi connectivity index (χ2v) is 1.72. The molecule has 0 aliphatic carbocycles. The quantitative estimate of drug-likeness (QED) is 0.443. The molecular formula is C7H8N2. The molecule has 0 saturated heterocycles. The molecule has 0 saturated carbocycles. The van der Waals surface area contributed by atoms with Crippen LogP contribution in [0.2, 0.25) is 0 Å². The maximum absolute atomic E-state index is 5.50. The van der Waals surface area contributed by atoms with E-state index in [1.165, 1.54) is 0 Å². The standard InChI is InChI=1S/C7H8N2/c1-9-7-5-3-2-4-6(7)8/h2-5H,1,8H2. The van der Waals surface area contributed by atoms with Gasteiger partial charge in [0.2, 0.25) is 0 Å². The van der Waals surface area contributed by atoms with E-state index in [0.29, 0.717) is 5.69 Å². The molecule has 0 spiro atoms. The normalized spacial score (nSPS) is 8.89. The first kappa shape index (κ1) is 5.82. The van der Waals surface area contributed by atoms with E-state index in [4.69, 9.17) is 5.73 Å². The Bertz CT molecular complexity index is 218. The highest BCUT2D eigenvalue weighted by atomic mass is 14.7. The molecule has 0 atom stereocenters. The van der Waals surface area contributed by atoms with Crippen molar-refractivity contribution in [3.63, 3.8) is 0 Å². The van der Waals surface area contributed by atoms with Crippen molar-refractivity contribution >= 4 is 18.1 Å². The van der Waals surface area contributed by atoms with E-state index in [1.54, 1.807) is 6.07 Å². The fraction of sp³-hybridized carbons (Fsp3) is 0. The smallest absolute Gasteiger partial charge is 0.0851 e. The van der Waals surface area contributed by atoms with Gasteiger partial charge in [-0.3, -0.25) is 4.99 Å². The average Bonchev–Trinajstić information content (AvgIpc) is 1.89. The van der Waals surface area contributed by atoms with Crippen LogP contribution in [0.15, 0.2) is 29.3 Å². The Morgan fingerprint density at radius 1 is 1.33 bits per heavy atom. The van der Waals surface area contributed by atoms with E-state index in [2.05, 4.69) is 11.7 Å². The molecule has 0 bridgehead atoms. The van der Waals surface area contributed by atoms with Crippen LogP contribution in [0.25, 0.3) is 0 Å². The van der Waals surface area contributed by atoms with Gasteiger partial charge in [-0.1, -0.05) is 12.1 Å². The van der Waals surface area contributed by atoms with E-state index < -0.39 is 0 Å². The fourth-order valence-corrected chi connectivity index (χ4v) is 0.632. The maximum Gasteiger partial charge on any atom is 0.0851 e. The van der Waals surface area contributed by atoms with Crippen molar-refractivity contribution in [1.82, 2.24) is 0 Å². The van der Waals surface area contributed by atoms with Crippen LogP contribution in [0, 0.1) is 0 Å². The molecule has 2 nitrogen and oxygen atoms in total. The Kier molecular flexibility index (Phi) is 1.49. The van der Waals surface area contributed by atoms with Gasteiger partial charge < -0.3 is 5.73 Å². The molecule has 0 aliphatic rings. The molecule has 1 aromatic carbocycles. The summed E-state index contributed by atoms with van der Waals surface area (Å²) >= 11 is 0. The molecule has 0 aliphatic heterocycles. The largest absolute Gasteiger partial charge is 0.397 e. The predicted molar refractivity (Wildman–Crippen MR) is 40.1 cm³/mol. The third kappa shape index (κ3) is 1.08. The number of nitrogen functional groups attached to an aromatic ring is 1. The molecule has 46 valence electrons. The lowest BCUT2D eigenvalue weighted by Gasteiger charge is -1.94. The van der Waals surface area contributed by atoms with Crippen LogP contribution in [0.4, 0.5) is 11.4 Å². The summed E-state index contributed by atoms with van der Waals surface area (Å²) < 4.78 is 0. The first-order valence-electron chi connectivity index (χ1n) is 2.66. The van der Waals surface area contributed by atoms with E-state index in [0.717, 1.165) is 5.69 Å². The molecule has 0 unspecified atom stereocenters. The molecule has 0 heterocycles. The van der Waals surface area contributed by atoms with Gasteiger partial charge in [0.15, 0.2) is 0 Å². The Morgan fingerprint density at radius 3 is 2.44 bits per heavy atom. The molecule has 1 aromatic rings. The van der Waals surface area contributed by atoms with Crippen molar-refractivity contribution in [1.29, 1.82) is 0 Å². The van der Waals surface area contributed by atoms with Gasteiger partial charge in [0.05, 0.1) is 11.4 Å². The zero-order valence-electron chi connectivity index (χ0n) is 5.04. The highest BCUT2D eigenvalue weighted by molar-refractivity contribution is 5.64. The molecule has 2 N–H and O–H groups in total. The van der Waals surface area contributed by atoms with Gasteiger partial charge in [0.1, 0.15) is 0 Å². The maximum atomic E-state index is 5.50. The summed E-state index contributed by atoms with van der Waals surface area (Å²) in [6, 6.07) is 7.36. The summed E-state index contributed by atoms with van der Waals surface area (Å²) in [6.45, 7) is 3.36. The fourth-order valence-electron chi connectivity index (χ4n) is 0.632. The molecule has 9 heavy (non-hydrogen) atoms. The lowest BCUT2D eigenvalue weighted by atomic mass is 10.3. The zero-order chi connectivity index (χ0) is 6.69. The van der Waals surface area contributed by atoms with Crippen LogP contribution in [0.3, 0.4) is 0 Å². The van der Waals surface area contributed by atoms with Crippen LogP contribution in [0.5, 0.6) is 0 Å². The molecule has 0 amide bonds. The van der Waals surface area contributed by atoms with Crippen LogP contribution in [-0.4, -0.2) is 6.72 Å². The third-order valence-corrected chi connectivity index (χ3v) is 1.11. The number of aliphatic imine (C=N–C) groups is 1. The molecule has 0 radical (unpaired) electrons. The lowest BCUT2D eigenvalue weighted by molar-refractivity contribution is 1.55. The van der Waals surface area contributed by atoms with Crippen molar-refractivity contribution in [2.75, 3.05) is 5.73 Å². The SMILES string of the molecule is C=Nc1ccccc1N. The Hall–Kier alpha value is -1.31.